The van der Waals surface area contributed by atoms with Crippen molar-refractivity contribution < 1.29 is 14.0 Å². The van der Waals surface area contributed by atoms with E-state index in [1.54, 1.807) is 17.0 Å². The number of nitrogens with zero attached hydrogens (tertiary/aromatic N) is 4. The minimum absolute atomic E-state index is 0.000198. The first-order valence-corrected chi connectivity index (χ1v) is 10.1. The first-order valence-electron chi connectivity index (χ1n) is 10.1. The molecule has 2 aromatic rings. The van der Waals surface area contributed by atoms with Gasteiger partial charge in [-0.1, -0.05) is 6.07 Å². The van der Waals surface area contributed by atoms with Crippen LogP contribution in [0, 0.1) is 5.82 Å². The molecule has 30 heavy (non-hydrogen) atoms. The van der Waals surface area contributed by atoms with Crippen molar-refractivity contribution in [2.45, 2.75) is 12.0 Å². The van der Waals surface area contributed by atoms with Crippen LogP contribution in [0.25, 0.3) is 0 Å². The lowest BCUT2D eigenvalue weighted by Crippen LogP contribution is -2.64. The second kappa shape index (κ2) is 7.72. The third-order valence-electron chi connectivity index (χ3n) is 6.31. The maximum atomic E-state index is 13.7. The van der Waals surface area contributed by atoms with Gasteiger partial charge in [0.05, 0.1) is 12.1 Å². The number of hydrogen-bond acceptors (Lipinski definition) is 4. The van der Waals surface area contributed by atoms with Crippen molar-refractivity contribution in [1.29, 1.82) is 0 Å². The summed E-state index contributed by atoms with van der Waals surface area (Å²) in [4.78, 5) is 33.3. The quantitative estimate of drug-likeness (QED) is 0.780. The fraction of sp³-hybridized carbons (Fsp3) is 0.391. The number of carbonyl (C=O) groups excluding carboxylic acids is 2. The van der Waals surface area contributed by atoms with Gasteiger partial charge in [-0.3, -0.25) is 14.5 Å². The SMILES string of the molecule is CN(C)c1ccc(C(=O)N2CC[C@@]3(C2)CN(c2cccc(F)c2)C(=O)CN3C)cc1. The van der Waals surface area contributed by atoms with E-state index in [1.165, 1.54) is 12.1 Å². The molecule has 2 saturated heterocycles. The van der Waals surface area contributed by atoms with Crippen molar-refractivity contribution in [2.24, 2.45) is 0 Å². The molecule has 2 fully saturated rings. The predicted molar refractivity (Wildman–Crippen MR) is 115 cm³/mol. The number of amides is 2. The van der Waals surface area contributed by atoms with Gasteiger partial charge in [0.25, 0.3) is 5.91 Å². The van der Waals surface area contributed by atoms with Gasteiger partial charge in [-0.2, -0.15) is 0 Å². The maximum absolute atomic E-state index is 13.7. The number of anilines is 2. The lowest BCUT2D eigenvalue weighted by atomic mass is 9.92. The molecular weight excluding hydrogens is 383 g/mol. The Morgan fingerprint density at radius 1 is 1.10 bits per heavy atom. The zero-order valence-electron chi connectivity index (χ0n) is 17.6. The number of halogens is 1. The van der Waals surface area contributed by atoms with E-state index in [0.29, 0.717) is 30.9 Å². The van der Waals surface area contributed by atoms with E-state index in [0.717, 1.165) is 12.1 Å². The molecule has 0 bridgehead atoms. The zero-order valence-corrected chi connectivity index (χ0v) is 17.6. The number of benzene rings is 2. The second-order valence-corrected chi connectivity index (χ2v) is 8.46. The van der Waals surface area contributed by atoms with Crippen molar-refractivity contribution in [1.82, 2.24) is 9.80 Å². The fourth-order valence-electron chi connectivity index (χ4n) is 4.39. The van der Waals surface area contributed by atoms with E-state index in [-0.39, 0.29) is 29.7 Å². The highest BCUT2D eigenvalue weighted by Crippen LogP contribution is 2.34. The van der Waals surface area contributed by atoms with Crippen LogP contribution in [0.15, 0.2) is 48.5 Å². The average Bonchev–Trinajstić information content (AvgIpc) is 3.15. The topological polar surface area (TPSA) is 47.1 Å². The largest absolute Gasteiger partial charge is 0.378 e. The Morgan fingerprint density at radius 3 is 2.50 bits per heavy atom. The van der Waals surface area contributed by atoms with E-state index >= 15 is 0 Å². The molecule has 0 aromatic heterocycles. The van der Waals surface area contributed by atoms with Crippen LogP contribution < -0.4 is 9.80 Å². The van der Waals surface area contributed by atoms with E-state index < -0.39 is 0 Å². The summed E-state index contributed by atoms with van der Waals surface area (Å²) in [5.41, 5.74) is 1.94. The lowest BCUT2D eigenvalue weighted by molar-refractivity contribution is -0.123. The molecule has 0 radical (unpaired) electrons. The van der Waals surface area contributed by atoms with Crippen LogP contribution in [0.1, 0.15) is 16.8 Å². The van der Waals surface area contributed by atoms with Gasteiger partial charge in [-0.15, -0.1) is 0 Å². The Labute approximate surface area is 176 Å². The highest BCUT2D eigenvalue weighted by Gasteiger charge is 2.48. The number of likely N-dealkylation sites (tertiary alicyclic amines) is 1. The van der Waals surface area contributed by atoms with Crippen molar-refractivity contribution >= 4 is 23.2 Å². The molecule has 0 saturated carbocycles. The Hall–Kier alpha value is -2.93. The Morgan fingerprint density at radius 2 is 1.83 bits per heavy atom. The van der Waals surface area contributed by atoms with Gasteiger partial charge in [0, 0.05) is 50.7 Å². The predicted octanol–water partition coefficient (Wildman–Crippen LogP) is 2.46. The minimum Gasteiger partial charge on any atom is -0.378 e. The Kier molecular flexibility index (Phi) is 5.24. The number of rotatable bonds is 3. The van der Waals surface area contributed by atoms with E-state index in [4.69, 9.17) is 0 Å². The summed E-state index contributed by atoms with van der Waals surface area (Å²) in [6.45, 7) is 1.85. The molecule has 1 spiro atoms. The third kappa shape index (κ3) is 3.65. The third-order valence-corrected chi connectivity index (χ3v) is 6.31. The van der Waals surface area contributed by atoms with Crippen molar-refractivity contribution in [3.8, 4) is 0 Å². The normalized spacial score (nSPS) is 22.1. The van der Waals surface area contributed by atoms with Crippen LogP contribution in [-0.2, 0) is 4.79 Å². The molecule has 2 aliphatic heterocycles. The van der Waals surface area contributed by atoms with Crippen LogP contribution in [0.2, 0.25) is 0 Å². The summed E-state index contributed by atoms with van der Waals surface area (Å²) >= 11 is 0. The summed E-state index contributed by atoms with van der Waals surface area (Å²) in [5.74, 6) is -0.421. The van der Waals surface area contributed by atoms with E-state index in [9.17, 15) is 14.0 Å². The van der Waals surface area contributed by atoms with Crippen molar-refractivity contribution in [2.75, 3.05) is 57.1 Å². The zero-order chi connectivity index (χ0) is 21.5. The van der Waals surface area contributed by atoms with Crippen LogP contribution in [0.5, 0.6) is 0 Å². The standard InChI is InChI=1S/C23H27FN4O2/c1-25(2)19-9-7-17(8-10-19)22(30)27-12-11-23(15-27)16-28(21(29)14-26(23)3)20-6-4-5-18(24)13-20/h4-10,13H,11-12,14-16H2,1-3H3/t23-/m1/s1. The summed E-state index contributed by atoms with van der Waals surface area (Å²) in [5, 5.41) is 0. The van der Waals surface area contributed by atoms with Crippen LogP contribution in [0.3, 0.4) is 0 Å². The number of hydrogen-bond donors (Lipinski definition) is 0. The summed E-state index contributed by atoms with van der Waals surface area (Å²) in [7, 11) is 5.86. The summed E-state index contributed by atoms with van der Waals surface area (Å²) in [6, 6.07) is 13.7. The minimum atomic E-state index is -0.363. The van der Waals surface area contributed by atoms with E-state index in [2.05, 4.69) is 0 Å². The molecule has 2 amide bonds. The molecule has 2 aliphatic rings. The highest BCUT2D eigenvalue weighted by atomic mass is 19.1. The van der Waals surface area contributed by atoms with E-state index in [1.807, 2.05) is 60.1 Å². The average molecular weight is 410 g/mol. The van der Waals surface area contributed by atoms with Gasteiger partial charge in [-0.25, -0.2) is 4.39 Å². The van der Waals surface area contributed by atoms with Crippen LogP contribution in [0.4, 0.5) is 15.8 Å². The van der Waals surface area contributed by atoms with Gasteiger partial charge in [0.15, 0.2) is 0 Å². The van der Waals surface area contributed by atoms with Gasteiger partial charge in [-0.05, 0) is 55.9 Å². The first kappa shape index (κ1) is 20.3. The molecule has 0 aliphatic carbocycles. The molecule has 0 unspecified atom stereocenters. The maximum Gasteiger partial charge on any atom is 0.253 e. The molecule has 6 nitrogen and oxygen atoms in total. The number of carbonyl (C=O) groups is 2. The number of likely N-dealkylation sites (N-methyl/N-ethyl adjacent to an activating group) is 1. The summed E-state index contributed by atoms with van der Waals surface area (Å²) < 4.78 is 13.7. The van der Waals surface area contributed by atoms with Gasteiger partial charge >= 0.3 is 0 Å². The molecule has 0 N–H and O–H groups in total. The first-order chi connectivity index (χ1) is 14.3. The smallest absolute Gasteiger partial charge is 0.253 e. The van der Waals surface area contributed by atoms with Crippen molar-refractivity contribution in [3.05, 3.63) is 59.9 Å². The molecule has 158 valence electrons. The molecule has 7 heteroatoms. The van der Waals surface area contributed by atoms with Crippen LogP contribution in [-0.4, -0.2) is 74.5 Å². The molecular formula is C23H27FN4O2. The van der Waals surface area contributed by atoms with Gasteiger partial charge in [0.1, 0.15) is 5.82 Å². The molecule has 2 aromatic carbocycles. The molecule has 4 rings (SSSR count). The van der Waals surface area contributed by atoms with Gasteiger partial charge in [0.2, 0.25) is 5.91 Å². The number of piperazine rings is 1. The van der Waals surface area contributed by atoms with Crippen LogP contribution >= 0.6 is 0 Å². The summed E-state index contributed by atoms with van der Waals surface area (Å²) in [6.07, 6.45) is 0.768. The monoisotopic (exact) mass is 410 g/mol. The Balaban J connectivity index is 1.53. The highest BCUT2D eigenvalue weighted by molar-refractivity contribution is 5.97. The molecule has 2 heterocycles. The Bertz CT molecular complexity index is 962. The molecule has 1 atom stereocenters. The fourth-order valence-corrected chi connectivity index (χ4v) is 4.39. The van der Waals surface area contributed by atoms with Crippen molar-refractivity contribution in [3.63, 3.8) is 0 Å². The second-order valence-electron chi connectivity index (χ2n) is 8.46. The lowest BCUT2D eigenvalue weighted by Gasteiger charge is -2.46. The van der Waals surface area contributed by atoms with Gasteiger partial charge < -0.3 is 14.7 Å².